The Balaban J connectivity index is 1.82. The first-order valence-electron chi connectivity index (χ1n) is 7.31. The number of nitrogens with one attached hydrogen (secondary N) is 1. The van der Waals surface area contributed by atoms with Gasteiger partial charge in [0.2, 0.25) is 5.91 Å². The van der Waals surface area contributed by atoms with Crippen LogP contribution in [0.2, 0.25) is 0 Å². The molecule has 0 aromatic carbocycles. The van der Waals surface area contributed by atoms with Gasteiger partial charge < -0.3 is 10.2 Å². The largest absolute Gasteiger partial charge is 0.342 e. The summed E-state index contributed by atoms with van der Waals surface area (Å²) in [6.45, 7) is 11.1. The molecule has 0 saturated carbocycles. The van der Waals surface area contributed by atoms with E-state index in [1.807, 2.05) is 0 Å². The minimum Gasteiger partial charge on any atom is -0.342 e. The van der Waals surface area contributed by atoms with Gasteiger partial charge in [-0.05, 0) is 32.6 Å². The maximum Gasteiger partial charge on any atom is 0.236 e. The molecule has 2 saturated heterocycles. The van der Waals surface area contributed by atoms with E-state index in [1.54, 1.807) is 0 Å². The highest BCUT2D eigenvalue weighted by atomic mass is 16.2. The Morgan fingerprint density at radius 2 is 1.89 bits per heavy atom. The second-order valence-corrected chi connectivity index (χ2v) is 6.15. The summed E-state index contributed by atoms with van der Waals surface area (Å²) in [5.74, 6) is 1.11. The zero-order valence-corrected chi connectivity index (χ0v) is 12.0. The molecule has 1 amide bonds. The third-order valence-corrected chi connectivity index (χ3v) is 4.37. The van der Waals surface area contributed by atoms with Crippen LogP contribution in [0.25, 0.3) is 0 Å². The van der Waals surface area contributed by atoms with Crippen molar-refractivity contribution in [3.8, 4) is 0 Å². The molecule has 2 heterocycles. The van der Waals surface area contributed by atoms with Crippen molar-refractivity contribution in [2.75, 3.05) is 32.7 Å². The van der Waals surface area contributed by atoms with Gasteiger partial charge in [-0.15, -0.1) is 0 Å². The number of rotatable bonds is 2. The molecular weight excluding hydrogens is 226 g/mol. The van der Waals surface area contributed by atoms with E-state index in [-0.39, 0.29) is 0 Å². The van der Waals surface area contributed by atoms with Gasteiger partial charge in [0.05, 0.1) is 6.54 Å². The van der Waals surface area contributed by atoms with Gasteiger partial charge in [-0.3, -0.25) is 9.69 Å². The van der Waals surface area contributed by atoms with E-state index < -0.39 is 0 Å². The first-order valence-corrected chi connectivity index (χ1v) is 7.31. The van der Waals surface area contributed by atoms with Crippen LogP contribution in [0.15, 0.2) is 0 Å². The third-order valence-electron chi connectivity index (χ3n) is 4.37. The lowest BCUT2D eigenvalue weighted by Gasteiger charge is -2.39. The number of amides is 1. The van der Waals surface area contributed by atoms with Crippen LogP contribution in [-0.2, 0) is 4.79 Å². The molecule has 2 unspecified atom stereocenters. The second kappa shape index (κ2) is 6.02. The summed E-state index contributed by atoms with van der Waals surface area (Å²) in [5, 5.41) is 3.45. The van der Waals surface area contributed by atoms with Crippen LogP contribution in [-0.4, -0.2) is 60.5 Å². The first-order chi connectivity index (χ1) is 8.56. The van der Waals surface area contributed by atoms with Gasteiger partial charge in [0.15, 0.2) is 0 Å². The maximum absolute atomic E-state index is 12.3. The average Bonchev–Trinajstić information content (AvgIpc) is 2.34. The highest BCUT2D eigenvalue weighted by Gasteiger charge is 2.27. The lowest BCUT2D eigenvalue weighted by molar-refractivity contribution is -0.134. The predicted octanol–water partition coefficient (Wildman–Crippen LogP) is 0.927. The minimum absolute atomic E-state index is 0.322. The highest BCUT2D eigenvalue weighted by molar-refractivity contribution is 5.78. The SMILES string of the molecule is CC1CCN(C(=O)CN2CC(C)NCC2C)CC1. The molecule has 0 radical (unpaired) electrons. The Kier molecular flexibility index (Phi) is 4.62. The van der Waals surface area contributed by atoms with E-state index in [9.17, 15) is 4.79 Å². The molecule has 104 valence electrons. The number of hydrogen-bond acceptors (Lipinski definition) is 3. The monoisotopic (exact) mass is 253 g/mol. The molecule has 0 spiro atoms. The fraction of sp³-hybridized carbons (Fsp3) is 0.929. The summed E-state index contributed by atoms with van der Waals surface area (Å²) < 4.78 is 0. The summed E-state index contributed by atoms with van der Waals surface area (Å²) in [6, 6.07) is 0.962. The summed E-state index contributed by atoms with van der Waals surface area (Å²) >= 11 is 0. The van der Waals surface area contributed by atoms with Crippen LogP contribution in [0.1, 0.15) is 33.6 Å². The number of likely N-dealkylation sites (tertiary alicyclic amines) is 1. The van der Waals surface area contributed by atoms with Gasteiger partial charge >= 0.3 is 0 Å². The van der Waals surface area contributed by atoms with Crippen LogP contribution >= 0.6 is 0 Å². The van der Waals surface area contributed by atoms with Crippen molar-refractivity contribution in [1.29, 1.82) is 0 Å². The normalized spacial score (nSPS) is 31.6. The molecule has 2 aliphatic heterocycles. The standard InChI is InChI=1S/C14H27N3O/c1-11-4-6-16(7-5-11)14(18)10-17-9-12(2)15-8-13(17)3/h11-13,15H,4-10H2,1-3H3. The Bertz CT molecular complexity index is 287. The van der Waals surface area contributed by atoms with E-state index in [4.69, 9.17) is 0 Å². The fourth-order valence-electron chi connectivity index (χ4n) is 2.85. The summed E-state index contributed by atoms with van der Waals surface area (Å²) in [7, 11) is 0. The molecule has 2 rings (SSSR count). The Labute approximate surface area is 111 Å². The summed E-state index contributed by atoms with van der Waals surface area (Å²) in [4.78, 5) is 16.7. The Morgan fingerprint density at radius 1 is 1.22 bits per heavy atom. The molecule has 4 nitrogen and oxygen atoms in total. The van der Waals surface area contributed by atoms with Crippen molar-refractivity contribution in [2.24, 2.45) is 5.92 Å². The molecule has 2 atom stereocenters. The first kappa shape index (κ1) is 13.8. The molecule has 0 aromatic heterocycles. The lowest BCUT2D eigenvalue weighted by atomic mass is 9.99. The zero-order chi connectivity index (χ0) is 13.1. The van der Waals surface area contributed by atoms with Gasteiger partial charge in [0, 0.05) is 38.3 Å². The van der Waals surface area contributed by atoms with Gasteiger partial charge in [0.25, 0.3) is 0 Å². The third kappa shape index (κ3) is 3.45. The van der Waals surface area contributed by atoms with Crippen molar-refractivity contribution in [2.45, 2.75) is 45.7 Å². The molecule has 0 bridgehead atoms. The van der Waals surface area contributed by atoms with Crippen LogP contribution in [0.3, 0.4) is 0 Å². The lowest BCUT2D eigenvalue weighted by Crippen LogP contribution is -2.57. The average molecular weight is 253 g/mol. The molecule has 18 heavy (non-hydrogen) atoms. The number of carbonyl (C=O) groups is 1. The number of piperazine rings is 1. The number of nitrogens with zero attached hydrogens (tertiary/aromatic N) is 2. The van der Waals surface area contributed by atoms with Crippen molar-refractivity contribution < 1.29 is 4.79 Å². The zero-order valence-electron chi connectivity index (χ0n) is 12.0. The number of hydrogen-bond donors (Lipinski definition) is 1. The van der Waals surface area contributed by atoms with Crippen LogP contribution in [0.4, 0.5) is 0 Å². The van der Waals surface area contributed by atoms with Crippen molar-refractivity contribution in [1.82, 2.24) is 15.1 Å². The molecule has 1 N–H and O–H groups in total. The van der Waals surface area contributed by atoms with Crippen molar-refractivity contribution in [3.63, 3.8) is 0 Å². The van der Waals surface area contributed by atoms with E-state index in [2.05, 4.69) is 35.9 Å². The van der Waals surface area contributed by atoms with Crippen molar-refractivity contribution in [3.05, 3.63) is 0 Å². The Hall–Kier alpha value is -0.610. The van der Waals surface area contributed by atoms with Gasteiger partial charge in [-0.25, -0.2) is 0 Å². The van der Waals surface area contributed by atoms with Crippen molar-refractivity contribution >= 4 is 5.91 Å². The molecule has 2 aliphatic rings. The van der Waals surface area contributed by atoms with Crippen LogP contribution < -0.4 is 5.32 Å². The second-order valence-electron chi connectivity index (χ2n) is 6.15. The summed E-state index contributed by atoms with van der Waals surface area (Å²) in [6.07, 6.45) is 2.33. The van der Waals surface area contributed by atoms with Gasteiger partial charge in [-0.1, -0.05) is 6.92 Å². The predicted molar refractivity (Wildman–Crippen MR) is 73.5 cm³/mol. The molecule has 2 fully saturated rings. The van der Waals surface area contributed by atoms with E-state index >= 15 is 0 Å². The molecule has 4 heteroatoms. The van der Waals surface area contributed by atoms with Gasteiger partial charge in [-0.2, -0.15) is 0 Å². The fourth-order valence-corrected chi connectivity index (χ4v) is 2.85. The number of piperidine rings is 1. The van der Waals surface area contributed by atoms with Crippen LogP contribution in [0, 0.1) is 5.92 Å². The molecular formula is C14H27N3O. The maximum atomic E-state index is 12.3. The summed E-state index contributed by atoms with van der Waals surface area (Å²) in [5.41, 5.74) is 0. The smallest absolute Gasteiger partial charge is 0.236 e. The minimum atomic E-state index is 0.322. The highest BCUT2D eigenvalue weighted by Crippen LogP contribution is 2.16. The quantitative estimate of drug-likeness (QED) is 0.795. The van der Waals surface area contributed by atoms with Crippen LogP contribution in [0.5, 0.6) is 0 Å². The van der Waals surface area contributed by atoms with E-state index in [0.717, 1.165) is 32.1 Å². The number of carbonyl (C=O) groups excluding carboxylic acids is 1. The van der Waals surface area contributed by atoms with E-state index in [1.165, 1.54) is 12.8 Å². The molecule has 0 aromatic rings. The van der Waals surface area contributed by atoms with Gasteiger partial charge in [0.1, 0.15) is 0 Å². The topological polar surface area (TPSA) is 35.6 Å². The Morgan fingerprint density at radius 3 is 2.56 bits per heavy atom. The van der Waals surface area contributed by atoms with E-state index in [0.29, 0.717) is 24.5 Å². The molecule has 0 aliphatic carbocycles.